The van der Waals surface area contributed by atoms with Crippen LogP contribution in [0.1, 0.15) is 13.8 Å². The fraction of sp³-hybridized carbons (Fsp3) is 0.667. The molecule has 0 amide bonds. The van der Waals surface area contributed by atoms with Crippen molar-refractivity contribution >= 4 is 0 Å². The second kappa shape index (κ2) is 3.05. The van der Waals surface area contributed by atoms with E-state index in [9.17, 15) is 13.2 Å². The minimum atomic E-state index is -4.31. The van der Waals surface area contributed by atoms with E-state index in [-0.39, 0.29) is 5.57 Å². The second-order valence-electron chi connectivity index (χ2n) is 2.05. The summed E-state index contributed by atoms with van der Waals surface area (Å²) in [6.45, 7) is 2.89. The van der Waals surface area contributed by atoms with Crippen LogP contribution in [0.15, 0.2) is 11.6 Å². The standard InChI is InChI=1S/C6H10F3N/c1-3-4(2)5(10)6(7,8)9/h3,5H,10H2,1-2H3/b4-3+. The lowest BCUT2D eigenvalue weighted by molar-refractivity contribution is -0.139. The van der Waals surface area contributed by atoms with E-state index < -0.39 is 12.2 Å². The highest BCUT2D eigenvalue weighted by atomic mass is 19.4. The van der Waals surface area contributed by atoms with Gasteiger partial charge in [-0.25, -0.2) is 0 Å². The normalized spacial score (nSPS) is 17.2. The molecule has 0 heterocycles. The zero-order valence-electron chi connectivity index (χ0n) is 5.87. The summed E-state index contributed by atoms with van der Waals surface area (Å²) in [7, 11) is 0. The van der Waals surface area contributed by atoms with E-state index in [1.807, 2.05) is 0 Å². The Bertz CT molecular complexity index is 136. The maximum Gasteiger partial charge on any atom is 0.407 e. The lowest BCUT2D eigenvalue weighted by atomic mass is 10.1. The number of hydrogen-bond acceptors (Lipinski definition) is 1. The molecule has 60 valence electrons. The summed E-state index contributed by atoms with van der Waals surface area (Å²) in [6, 6.07) is -1.81. The van der Waals surface area contributed by atoms with E-state index in [1.165, 1.54) is 19.9 Å². The number of rotatable bonds is 1. The van der Waals surface area contributed by atoms with E-state index in [1.54, 1.807) is 0 Å². The molecule has 0 aliphatic rings. The van der Waals surface area contributed by atoms with Gasteiger partial charge in [-0.1, -0.05) is 11.6 Å². The van der Waals surface area contributed by atoms with Gasteiger partial charge in [0.1, 0.15) is 6.04 Å². The van der Waals surface area contributed by atoms with Crippen molar-refractivity contribution in [1.82, 2.24) is 0 Å². The van der Waals surface area contributed by atoms with Crippen molar-refractivity contribution in [2.75, 3.05) is 0 Å². The fourth-order valence-electron chi connectivity index (χ4n) is 0.438. The molecule has 0 aliphatic carbocycles. The highest BCUT2D eigenvalue weighted by Crippen LogP contribution is 2.22. The van der Waals surface area contributed by atoms with Crippen LogP contribution in [0.25, 0.3) is 0 Å². The lowest BCUT2D eigenvalue weighted by Gasteiger charge is -2.15. The Kier molecular flexibility index (Phi) is 2.90. The molecule has 1 nitrogen and oxygen atoms in total. The van der Waals surface area contributed by atoms with Crippen LogP contribution in [0.4, 0.5) is 13.2 Å². The molecule has 0 fully saturated rings. The van der Waals surface area contributed by atoms with Crippen LogP contribution in [0, 0.1) is 0 Å². The van der Waals surface area contributed by atoms with Crippen LogP contribution in [0.5, 0.6) is 0 Å². The molecule has 0 aromatic carbocycles. The zero-order chi connectivity index (χ0) is 8.36. The van der Waals surface area contributed by atoms with Gasteiger partial charge in [-0.15, -0.1) is 0 Å². The third-order valence-electron chi connectivity index (χ3n) is 1.30. The molecular weight excluding hydrogens is 143 g/mol. The molecule has 2 N–H and O–H groups in total. The topological polar surface area (TPSA) is 26.0 Å². The molecule has 0 spiro atoms. The highest BCUT2D eigenvalue weighted by Gasteiger charge is 2.37. The number of allylic oxidation sites excluding steroid dienone is 1. The van der Waals surface area contributed by atoms with Crippen molar-refractivity contribution in [3.8, 4) is 0 Å². The number of halogens is 3. The third-order valence-corrected chi connectivity index (χ3v) is 1.30. The van der Waals surface area contributed by atoms with Crippen LogP contribution in [0.3, 0.4) is 0 Å². The molecule has 0 rings (SSSR count). The summed E-state index contributed by atoms with van der Waals surface area (Å²) in [6.07, 6.45) is -2.95. The molecule has 0 aliphatic heterocycles. The quantitative estimate of drug-likeness (QED) is 0.571. The number of hydrogen-bond donors (Lipinski definition) is 1. The maximum absolute atomic E-state index is 11.7. The third kappa shape index (κ3) is 2.39. The molecule has 0 radical (unpaired) electrons. The molecule has 1 unspecified atom stereocenters. The number of alkyl halides is 3. The van der Waals surface area contributed by atoms with Crippen LogP contribution >= 0.6 is 0 Å². The summed E-state index contributed by atoms with van der Waals surface area (Å²) in [5.41, 5.74) is 4.96. The maximum atomic E-state index is 11.7. The van der Waals surface area contributed by atoms with Crippen LogP contribution < -0.4 is 5.73 Å². The summed E-state index contributed by atoms with van der Waals surface area (Å²) >= 11 is 0. The van der Waals surface area contributed by atoms with Gasteiger partial charge in [-0.05, 0) is 13.8 Å². The first-order valence-electron chi connectivity index (χ1n) is 2.84. The first-order valence-corrected chi connectivity index (χ1v) is 2.84. The van der Waals surface area contributed by atoms with Crippen LogP contribution in [-0.4, -0.2) is 12.2 Å². The highest BCUT2D eigenvalue weighted by molar-refractivity contribution is 5.07. The van der Waals surface area contributed by atoms with Crippen LogP contribution in [0.2, 0.25) is 0 Å². The van der Waals surface area contributed by atoms with Gasteiger partial charge < -0.3 is 5.73 Å². The van der Waals surface area contributed by atoms with Gasteiger partial charge in [-0.3, -0.25) is 0 Å². The fourth-order valence-corrected chi connectivity index (χ4v) is 0.438. The molecule has 4 heteroatoms. The van der Waals surface area contributed by atoms with Gasteiger partial charge in [0.2, 0.25) is 0 Å². The first kappa shape index (κ1) is 9.49. The van der Waals surface area contributed by atoms with E-state index in [0.29, 0.717) is 0 Å². The monoisotopic (exact) mass is 153 g/mol. The largest absolute Gasteiger partial charge is 0.407 e. The van der Waals surface area contributed by atoms with Crippen molar-refractivity contribution < 1.29 is 13.2 Å². The summed E-state index contributed by atoms with van der Waals surface area (Å²) in [5, 5.41) is 0. The lowest BCUT2D eigenvalue weighted by Crippen LogP contribution is -2.38. The Morgan fingerprint density at radius 1 is 1.50 bits per heavy atom. The van der Waals surface area contributed by atoms with Crippen molar-refractivity contribution in [3.05, 3.63) is 11.6 Å². The zero-order valence-corrected chi connectivity index (χ0v) is 5.87. The Morgan fingerprint density at radius 2 is 1.90 bits per heavy atom. The first-order chi connectivity index (χ1) is 4.39. The molecule has 10 heavy (non-hydrogen) atoms. The van der Waals surface area contributed by atoms with E-state index in [4.69, 9.17) is 5.73 Å². The van der Waals surface area contributed by atoms with Crippen molar-refractivity contribution in [2.24, 2.45) is 5.73 Å². The predicted octanol–water partition coefficient (Wildman–Crippen LogP) is 1.84. The molecular formula is C6H10F3N. The van der Waals surface area contributed by atoms with Gasteiger partial charge in [0.15, 0.2) is 0 Å². The Hall–Kier alpha value is -0.510. The minimum Gasteiger partial charge on any atom is -0.317 e. The molecule has 0 aromatic heterocycles. The smallest absolute Gasteiger partial charge is 0.317 e. The van der Waals surface area contributed by atoms with Gasteiger partial charge in [-0.2, -0.15) is 13.2 Å². The summed E-state index contributed by atoms with van der Waals surface area (Å²) < 4.78 is 35.2. The average molecular weight is 153 g/mol. The molecule has 0 bridgehead atoms. The Morgan fingerprint density at radius 3 is 2.00 bits per heavy atom. The molecule has 0 aromatic rings. The molecule has 1 atom stereocenters. The SMILES string of the molecule is C/C=C(\C)C(N)C(F)(F)F. The minimum absolute atomic E-state index is 0.146. The van der Waals surface area contributed by atoms with Crippen molar-refractivity contribution in [2.45, 2.75) is 26.1 Å². The van der Waals surface area contributed by atoms with Crippen molar-refractivity contribution in [1.29, 1.82) is 0 Å². The van der Waals surface area contributed by atoms with Crippen molar-refractivity contribution in [3.63, 3.8) is 0 Å². The van der Waals surface area contributed by atoms with Crippen LogP contribution in [-0.2, 0) is 0 Å². The van der Waals surface area contributed by atoms with E-state index in [2.05, 4.69) is 0 Å². The average Bonchev–Trinajstić information content (AvgIpc) is 1.83. The van der Waals surface area contributed by atoms with E-state index in [0.717, 1.165) is 0 Å². The van der Waals surface area contributed by atoms with E-state index >= 15 is 0 Å². The summed E-state index contributed by atoms with van der Waals surface area (Å²) in [5.74, 6) is 0. The molecule has 0 saturated carbocycles. The van der Waals surface area contributed by atoms with Gasteiger partial charge in [0.25, 0.3) is 0 Å². The predicted molar refractivity (Wildman–Crippen MR) is 33.5 cm³/mol. The second-order valence-corrected chi connectivity index (χ2v) is 2.05. The Balaban J connectivity index is 4.23. The summed E-state index contributed by atoms with van der Waals surface area (Å²) in [4.78, 5) is 0. The Labute approximate surface area is 57.7 Å². The van der Waals surface area contributed by atoms with Gasteiger partial charge >= 0.3 is 6.18 Å². The van der Waals surface area contributed by atoms with Gasteiger partial charge in [0.05, 0.1) is 0 Å². The number of nitrogens with two attached hydrogens (primary N) is 1. The van der Waals surface area contributed by atoms with Gasteiger partial charge in [0, 0.05) is 0 Å². The molecule has 0 saturated heterocycles.